The summed E-state index contributed by atoms with van der Waals surface area (Å²) in [6.07, 6.45) is 0.292. The molecule has 1 saturated heterocycles. The van der Waals surface area contributed by atoms with E-state index in [1.54, 1.807) is 17.9 Å². The summed E-state index contributed by atoms with van der Waals surface area (Å²) >= 11 is 18.7. The van der Waals surface area contributed by atoms with Gasteiger partial charge in [0.25, 0.3) is 0 Å². The zero-order valence-electron chi connectivity index (χ0n) is 16.2. The summed E-state index contributed by atoms with van der Waals surface area (Å²) in [6, 6.07) is 12.8. The van der Waals surface area contributed by atoms with Gasteiger partial charge in [0.2, 0.25) is 0 Å². The third-order valence-corrected chi connectivity index (χ3v) is 5.87. The lowest BCUT2D eigenvalue weighted by Gasteiger charge is -2.48. The second-order valence-electron chi connectivity index (χ2n) is 6.82. The molecule has 2 atom stereocenters. The van der Waals surface area contributed by atoms with Gasteiger partial charge in [-0.1, -0.05) is 46.9 Å². The van der Waals surface area contributed by atoms with Crippen molar-refractivity contribution in [2.75, 3.05) is 31.1 Å². The maximum atomic E-state index is 12.6. The Morgan fingerprint density at radius 2 is 1.79 bits per heavy atom. The fraction of sp³-hybridized carbons (Fsp3) is 0.381. The number of carbonyl (C=O) groups is 1. The van der Waals surface area contributed by atoms with Crippen LogP contribution in [0.5, 0.6) is 0 Å². The van der Waals surface area contributed by atoms with Gasteiger partial charge in [-0.2, -0.15) is 0 Å². The predicted octanol–water partition coefficient (Wildman–Crippen LogP) is 5.38. The molecule has 2 N–H and O–H groups in total. The molecule has 0 spiro atoms. The third kappa shape index (κ3) is 4.92. The number of halogens is 3. The summed E-state index contributed by atoms with van der Waals surface area (Å²) in [5.41, 5.74) is 7.82. The van der Waals surface area contributed by atoms with Gasteiger partial charge in [0.15, 0.2) is 0 Å². The second kappa shape index (κ2) is 9.90. The average Bonchev–Trinajstić information content (AvgIpc) is 2.69. The van der Waals surface area contributed by atoms with Gasteiger partial charge in [0.05, 0.1) is 29.4 Å². The van der Waals surface area contributed by atoms with Crippen molar-refractivity contribution in [1.82, 2.24) is 4.90 Å². The minimum Gasteiger partial charge on any atom is -0.450 e. The molecular weight excluding hydrogens is 433 g/mol. The van der Waals surface area contributed by atoms with Crippen LogP contribution >= 0.6 is 34.8 Å². The lowest BCUT2D eigenvalue weighted by Crippen LogP contribution is -2.57. The molecule has 0 aromatic heterocycles. The van der Waals surface area contributed by atoms with E-state index in [1.807, 2.05) is 36.4 Å². The van der Waals surface area contributed by atoms with Crippen molar-refractivity contribution in [3.8, 4) is 0 Å². The molecule has 2 aromatic rings. The van der Waals surface area contributed by atoms with Crippen LogP contribution in [0.15, 0.2) is 42.5 Å². The smallest absolute Gasteiger partial charge is 0.410 e. The zero-order chi connectivity index (χ0) is 21.0. The lowest BCUT2D eigenvalue weighted by atomic mass is 9.91. The van der Waals surface area contributed by atoms with E-state index >= 15 is 0 Å². The van der Waals surface area contributed by atoms with Crippen molar-refractivity contribution in [2.45, 2.75) is 25.4 Å². The van der Waals surface area contributed by atoms with Crippen LogP contribution in [0.4, 0.5) is 10.5 Å². The quantitative estimate of drug-likeness (QED) is 0.656. The molecule has 0 radical (unpaired) electrons. The van der Waals surface area contributed by atoms with E-state index in [-0.39, 0.29) is 18.2 Å². The van der Waals surface area contributed by atoms with E-state index in [9.17, 15) is 4.79 Å². The molecule has 156 valence electrons. The van der Waals surface area contributed by atoms with Gasteiger partial charge in [-0.25, -0.2) is 4.79 Å². The predicted molar refractivity (Wildman–Crippen MR) is 119 cm³/mol. The molecule has 1 amide bonds. The number of benzene rings is 2. The largest absolute Gasteiger partial charge is 0.450 e. The highest BCUT2D eigenvalue weighted by atomic mass is 35.5. The molecule has 0 saturated carbocycles. The molecule has 2 aromatic carbocycles. The molecule has 3 rings (SSSR count). The fourth-order valence-electron chi connectivity index (χ4n) is 3.86. The maximum Gasteiger partial charge on any atom is 0.410 e. The summed E-state index contributed by atoms with van der Waals surface area (Å²) in [5, 5.41) is 1.79. The van der Waals surface area contributed by atoms with Crippen molar-refractivity contribution < 1.29 is 9.53 Å². The summed E-state index contributed by atoms with van der Waals surface area (Å²) in [4.78, 5) is 16.6. The van der Waals surface area contributed by atoms with Crippen molar-refractivity contribution in [3.05, 3.63) is 63.1 Å². The maximum absolute atomic E-state index is 12.6. The van der Waals surface area contributed by atoms with E-state index < -0.39 is 0 Å². The van der Waals surface area contributed by atoms with Gasteiger partial charge < -0.3 is 20.3 Å². The molecular formula is C21H24Cl3N3O2. The second-order valence-corrected chi connectivity index (χ2v) is 8.10. The molecule has 0 aliphatic carbocycles. The van der Waals surface area contributed by atoms with Crippen molar-refractivity contribution in [2.24, 2.45) is 5.73 Å². The highest BCUT2D eigenvalue weighted by Crippen LogP contribution is 2.40. The van der Waals surface area contributed by atoms with Gasteiger partial charge in [0.1, 0.15) is 0 Å². The molecule has 29 heavy (non-hydrogen) atoms. The number of hydrogen-bond acceptors (Lipinski definition) is 4. The Bertz CT molecular complexity index is 848. The number of nitrogens with two attached hydrogens (primary N) is 1. The first-order valence-corrected chi connectivity index (χ1v) is 10.7. The van der Waals surface area contributed by atoms with E-state index in [0.717, 1.165) is 11.3 Å². The Morgan fingerprint density at radius 3 is 2.41 bits per heavy atom. The Kier molecular flexibility index (Phi) is 7.52. The number of amides is 1. The van der Waals surface area contributed by atoms with Crippen molar-refractivity contribution >= 4 is 46.6 Å². The van der Waals surface area contributed by atoms with E-state index in [2.05, 4.69) is 4.90 Å². The third-order valence-electron chi connectivity index (χ3n) is 5.08. The molecule has 1 aliphatic rings. The summed E-state index contributed by atoms with van der Waals surface area (Å²) in [5.74, 6) is 0. The molecule has 5 nitrogen and oxygen atoms in total. The summed E-state index contributed by atoms with van der Waals surface area (Å²) < 4.78 is 5.30. The highest BCUT2D eigenvalue weighted by Gasteiger charge is 2.40. The van der Waals surface area contributed by atoms with Crippen LogP contribution in [0.3, 0.4) is 0 Å². The number of nitrogens with zero attached hydrogens (tertiary/aromatic N) is 2. The molecule has 1 fully saturated rings. The standard InChI is InChI=1S/C21H24Cl3N3O2/c1-2-29-21(28)27-12-11-26(18-8-7-16(23)13-17(18)24)20(19(27)9-10-25)14-3-5-15(22)6-4-14/h3-8,13,19-20H,2,9-12,25H2,1H3. The van der Waals surface area contributed by atoms with E-state index in [1.165, 1.54) is 0 Å². The van der Waals surface area contributed by atoms with Gasteiger partial charge in [-0.05, 0) is 55.8 Å². The van der Waals surface area contributed by atoms with Crippen LogP contribution in [0, 0.1) is 0 Å². The first-order valence-electron chi connectivity index (χ1n) is 9.56. The fourth-order valence-corrected chi connectivity index (χ4v) is 4.51. The van der Waals surface area contributed by atoms with Crippen LogP contribution in [-0.2, 0) is 4.74 Å². The Hall–Kier alpha value is -1.66. The van der Waals surface area contributed by atoms with Crippen LogP contribution in [-0.4, -0.2) is 43.3 Å². The zero-order valence-corrected chi connectivity index (χ0v) is 18.4. The SMILES string of the molecule is CCOC(=O)N1CCN(c2ccc(Cl)cc2Cl)C(c2ccc(Cl)cc2)C1CCN. The topological polar surface area (TPSA) is 58.8 Å². The van der Waals surface area contributed by atoms with E-state index in [0.29, 0.717) is 47.7 Å². The molecule has 1 heterocycles. The minimum absolute atomic E-state index is 0.160. The number of ether oxygens (including phenoxy) is 1. The Labute approximate surface area is 186 Å². The Balaban J connectivity index is 2.07. The first kappa shape index (κ1) is 22.0. The van der Waals surface area contributed by atoms with Crippen LogP contribution < -0.4 is 10.6 Å². The summed E-state index contributed by atoms with van der Waals surface area (Å²) in [6.45, 7) is 3.66. The monoisotopic (exact) mass is 455 g/mol. The molecule has 2 unspecified atom stereocenters. The number of rotatable bonds is 5. The Morgan fingerprint density at radius 1 is 1.10 bits per heavy atom. The van der Waals surface area contributed by atoms with Crippen LogP contribution in [0.25, 0.3) is 0 Å². The van der Waals surface area contributed by atoms with Crippen molar-refractivity contribution in [3.63, 3.8) is 0 Å². The molecule has 0 bridgehead atoms. The lowest BCUT2D eigenvalue weighted by molar-refractivity contribution is 0.0723. The summed E-state index contributed by atoms with van der Waals surface area (Å²) in [7, 11) is 0. The normalized spacial score (nSPS) is 19.3. The number of hydrogen-bond donors (Lipinski definition) is 1. The molecule has 8 heteroatoms. The average molecular weight is 457 g/mol. The van der Waals surface area contributed by atoms with Gasteiger partial charge in [-0.15, -0.1) is 0 Å². The number of piperazine rings is 1. The number of carbonyl (C=O) groups excluding carboxylic acids is 1. The minimum atomic E-state index is -0.327. The van der Waals surface area contributed by atoms with Gasteiger partial charge in [0, 0.05) is 23.1 Å². The van der Waals surface area contributed by atoms with Crippen molar-refractivity contribution in [1.29, 1.82) is 0 Å². The number of anilines is 1. The van der Waals surface area contributed by atoms with Crippen LogP contribution in [0.1, 0.15) is 24.9 Å². The highest BCUT2D eigenvalue weighted by molar-refractivity contribution is 6.36. The van der Waals surface area contributed by atoms with Gasteiger partial charge >= 0.3 is 6.09 Å². The van der Waals surface area contributed by atoms with Crippen LogP contribution in [0.2, 0.25) is 15.1 Å². The van der Waals surface area contributed by atoms with E-state index in [4.69, 9.17) is 45.3 Å². The molecule has 1 aliphatic heterocycles. The first-order chi connectivity index (χ1) is 14.0. The van der Waals surface area contributed by atoms with Gasteiger partial charge in [-0.3, -0.25) is 0 Å².